The van der Waals surface area contributed by atoms with E-state index in [-0.39, 0.29) is 11.8 Å². The summed E-state index contributed by atoms with van der Waals surface area (Å²) in [5, 5.41) is 0. The van der Waals surface area contributed by atoms with E-state index in [1.165, 1.54) is 6.26 Å². The van der Waals surface area contributed by atoms with Gasteiger partial charge in [0.15, 0.2) is 11.5 Å². The number of nitrogens with two attached hydrogens (primary N) is 1. The lowest BCUT2D eigenvalue weighted by Gasteiger charge is -2.14. The lowest BCUT2D eigenvalue weighted by Crippen LogP contribution is -2.17. The van der Waals surface area contributed by atoms with Gasteiger partial charge in [0.25, 0.3) is 0 Å². The number of rotatable bonds is 9. The smallest absolute Gasteiger partial charge is 0.161 e. The Labute approximate surface area is 127 Å². The molecule has 21 heavy (non-hydrogen) atoms. The van der Waals surface area contributed by atoms with E-state index in [9.17, 15) is 8.42 Å². The van der Waals surface area contributed by atoms with Crippen LogP contribution in [0.15, 0.2) is 18.2 Å². The third-order valence-electron chi connectivity index (χ3n) is 2.78. The van der Waals surface area contributed by atoms with Gasteiger partial charge >= 0.3 is 0 Å². The number of hydrogen-bond acceptors (Lipinski definition) is 5. The van der Waals surface area contributed by atoms with Crippen LogP contribution in [0.25, 0.3) is 0 Å². The van der Waals surface area contributed by atoms with Crippen LogP contribution >= 0.6 is 0 Å². The molecule has 1 atom stereocenters. The molecule has 0 aliphatic rings. The number of hydrogen-bond donors (Lipinski definition) is 1. The summed E-state index contributed by atoms with van der Waals surface area (Å²) in [7, 11) is -2.94. The van der Waals surface area contributed by atoms with Crippen LogP contribution in [0.2, 0.25) is 0 Å². The van der Waals surface area contributed by atoms with E-state index in [4.69, 9.17) is 15.2 Å². The minimum atomic E-state index is -2.94. The maximum absolute atomic E-state index is 11.1. The van der Waals surface area contributed by atoms with Crippen LogP contribution in [0.1, 0.15) is 25.8 Å². The molecule has 0 saturated heterocycles. The molecule has 0 aliphatic carbocycles. The maximum atomic E-state index is 11.1. The minimum Gasteiger partial charge on any atom is -0.490 e. The monoisotopic (exact) mass is 315 g/mol. The SMILES string of the molecule is CCOc1cc(CC(C)N)ccc1OCCCS(C)(=O)=O. The number of ether oxygens (including phenoxy) is 2. The quantitative estimate of drug-likeness (QED) is 0.703. The van der Waals surface area contributed by atoms with Gasteiger partial charge < -0.3 is 15.2 Å². The lowest BCUT2D eigenvalue weighted by atomic mass is 10.1. The fourth-order valence-corrected chi connectivity index (χ4v) is 2.58. The van der Waals surface area contributed by atoms with E-state index in [1.54, 1.807) is 0 Å². The molecule has 0 heterocycles. The van der Waals surface area contributed by atoms with E-state index < -0.39 is 9.84 Å². The highest BCUT2D eigenvalue weighted by Gasteiger charge is 2.09. The standard InChI is InChI=1S/C15H25NO4S/c1-4-19-15-11-13(10-12(2)16)6-7-14(15)20-8-5-9-21(3,17)18/h6-7,11-12H,4-5,8-10,16H2,1-3H3. The fourth-order valence-electron chi connectivity index (χ4n) is 1.94. The van der Waals surface area contributed by atoms with Crippen LogP contribution in [0.3, 0.4) is 0 Å². The summed E-state index contributed by atoms with van der Waals surface area (Å²) in [6.07, 6.45) is 2.46. The van der Waals surface area contributed by atoms with Crippen LogP contribution in [-0.4, -0.2) is 39.7 Å². The molecule has 0 bridgehead atoms. The Kier molecular flexibility index (Phi) is 6.98. The second-order valence-electron chi connectivity index (χ2n) is 5.23. The summed E-state index contributed by atoms with van der Waals surface area (Å²) in [4.78, 5) is 0. The summed E-state index contributed by atoms with van der Waals surface area (Å²) >= 11 is 0. The molecule has 5 nitrogen and oxygen atoms in total. The van der Waals surface area contributed by atoms with Gasteiger partial charge in [-0.2, -0.15) is 0 Å². The van der Waals surface area contributed by atoms with E-state index in [2.05, 4.69) is 0 Å². The van der Waals surface area contributed by atoms with Crippen molar-refractivity contribution in [2.45, 2.75) is 32.7 Å². The van der Waals surface area contributed by atoms with E-state index >= 15 is 0 Å². The molecule has 1 unspecified atom stereocenters. The van der Waals surface area contributed by atoms with Crippen molar-refractivity contribution in [2.75, 3.05) is 25.2 Å². The van der Waals surface area contributed by atoms with Gasteiger partial charge in [-0.15, -0.1) is 0 Å². The summed E-state index contributed by atoms with van der Waals surface area (Å²) in [5.41, 5.74) is 6.89. The van der Waals surface area contributed by atoms with Gasteiger partial charge in [-0.25, -0.2) is 8.42 Å². The van der Waals surface area contributed by atoms with E-state index in [1.807, 2.05) is 32.0 Å². The lowest BCUT2D eigenvalue weighted by molar-refractivity contribution is 0.277. The summed E-state index contributed by atoms with van der Waals surface area (Å²) in [6.45, 7) is 4.75. The molecular weight excluding hydrogens is 290 g/mol. The normalized spacial score (nSPS) is 13.0. The Hall–Kier alpha value is -1.27. The largest absolute Gasteiger partial charge is 0.490 e. The van der Waals surface area contributed by atoms with Crippen LogP contribution in [0, 0.1) is 0 Å². The molecule has 1 rings (SSSR count). The molecule has 0 radical (unpaired) electrons. The van der Waals surface area contributed by atoms with E-state index in [0.717, 1.165) is 12.0 Å². The molecule has 120 valence electrons. The second-order valence-corrected chi connectivity index (χ2v) is 7.49. The predicted octanol–water partition coefficient (Wildman–Crippen LogP) is 1.79. The zero-order valence-electron chi connectivity index (χ0n) is 13.0. The molecule has 1 aromatic carbocycles. The highest BCUT2D eigenvalue weighted by molar-refractivity contribution is 7.90. The average molecular weight is 315 g/mol. The predicted molar refractivity (Wildman–Crippen MR) is 84.8 cm³/mol. The van der Waals surface area contributed by atoms with E-state index in [0.29, 0.717) is 31.1 Å². The Morgan fingerprint density at radius 3 is 2.52 bits per heavy atom. The van der Waals surface area contributed by atoms with Gasteiger partial charge in [0, 0.05) is 12.3 Å². The van der Waals surface area contributed by atoms with Gasteiger partial charge in [-0.05, 0) is 44.4 Å². The van der Waals surface area contributed by atoms with Crippen LogP contribution < -0.4 is 15.2 Å². The molecule has 0 amide bonds. The molecule has 2 N–H and O–H groups in total. The van der Waals surface area contributed by atoms with Crippen molar-refractivity contribution in [3.05, 3.63) is 23.8 Å². The molecule has 0 spiro atoms. The Balaban J connectivity index is 2.67. The average Bonchev–Trinajstić information content (AvgIpc) is 2.35. The molecular formula is C15H25NO4S. The first-order valence-corrected chi connectivity index (χ1v) is 9.19. The van der Waals surface area contributed by atoms with Crippen molar-refractivity contribution < 1.29 is 17.9 Å². The van der Waals surface area contributed by atoms with Crippen LogP contribution in [0.5, 0.6) is 11.5 Å². The van der Waals surface area contributed by atoms with Crippen molar-refractivity contribution in [3.8, 4) is 11.5 Å². The van der Waals surface area contributed by atoms with Crippen molar-refractivity contribution >= 4 is 9.84 Å². The zero-order valence-corrected chi connectivity index (χ0v) is 13.8. The highest BCUT2D eigenvalue weighted by Crippen LogP contribution is 2.29. The van der Waals surface area contributed by atoms with Gasteiger partial charge in [0.2, 0.25) is 0 Å². The second kappa shape index (κ2) is 8.24. The third-order valence-corrected chi connectivity index (χ3v) is 3.81. The molecule has 1 aromatic rings. The molecule has 0 aromatic heterocycles. The Bertz CT molecular complexity index is 541. The van der Waals surface area contributed by atoms with Gasteiger partial charge in [0.1, 0.15) is 9.84 Å². The summed E-state index contributed by atoms with van der Waals surface area (Å²) < 4.78 is 33.3. The first kappa shape index (κ1) is 17.8. The summed E-state index contributed by atoms with van der Waals surface area (Å²) in [6, 6.07) is 5.82. The highest BCUT2D eigenvalue weighted by atomic mass is 32.2. The Morgan fingerprint density at radius 1 is 1.24 bits per heavy atom. The van der Waals surface area contributed by atoms with Gasteiger partial charge in [-0.3, -0.25) is 0 Å². The minimum absolute atomic E-state index is 0.0843. The van der Waals surface area contributed by atoms with Crippen LogP contribution in [0.4, 0.5) is 0 Å². The maximum Gasteiger partial charge on any atom is 0.161 e. The van der Waals surface area contributed by atoms with Crippen LogP contribution in [-0.2, 0) is 16.3 Å². The topological polar surface area (TPSA) is 78.6 Å². The molecule has 0 saturated carbocycles. The number of benzene rings is 1. The molecule has 0 fully saturated rings. The first-order chi connectivity index (χ1) is 9.81. The van der Waals surface area contributed by atoms with Gasteiger partial charge in [-0.1, -0.05) is 6.07 Å². The third kappa shape index (κ3) is 7.34. The number of sulfone groups is 1. The summed E-state index contributed by atoms with van der Waals surface area (Å²) in [5.74, 6) is 1.44. The molecule has 6 heteroatoms. The first-order valence-electron chi connectivity index (χ1n) is 7.13. The fraction of sp³-hybridized carbons (Fsp3) is 0.600. The zero-order chi connectivity index (χ0) is 15.9. The molecule has 0 aliphatic heterocycles. The van der Waals surface area contributed by atoms with Crippen molar-refractivity contribution in [1.82, 2.24) is 0 Å². The van der Waals surface area contributed by atoms with Crippen molar-refractivity contribution in [1.29, 1.82) is 0 Å². The van der Waals surface area contributed by atoms with Gasteiger partial charge in [0.05, 0.1) is 19.0 Å². The Morgan fingerprint density at radius 2 is 1.95 bits per heavy atom. The van der Waals surface area contributed by atoms with Crippen molar-refractivity contribution in [3.63, 3.8) is 0 Å². The van der Waals surface area contributed by atoms with Crippen molar-refractivity contribution in [2.24, 2.45) is 5.73 Å².